The Balaban J connectivity index is 2.01. The summed E-state index contributed by atoms with van der Waals surface area (Å²) in [6.07, 6.45) is 0.851. The van der Waals surface area contributed by atoms with Crippen LogP contribution in [0, 0.1) is 12.8 Å². The van der Waals surface area contributed by atoms with Gasteiger partial charge in [0.05, 0.1) is 18.7 Å². The van der Waals surface area contributed by atoms with Crippen LogP contribution in [0.5, 0.6) is 0 Å². The monoisotopic (exact) mass is 271 g/mol. The third-order valence-electron chi connectivity index (χ3n) is 3.46. The van der Waals surface area contributed by atoms with Gasteiger partial charge in [0.15, 0.2) is 0 Å². The summed E-state index contributed by atoms with van der Waals surface area (Å²) in [6.45, 7) is 4.32. The van der Waals surface area contributed by atoms with Crippen LogP contribution < -0.4 is 0 Å². The van der Waals surface area contributed by atoms with E-state index in [0.29, 0.717) is 5.15 Å². The first-order valence-electron chi connectivity index (χ1n) is 6.01. The number of aryl methyl sites for hydroxylation is 2. The molecular weight excluding hydrogens is 254 g/mol. The Bertz CT molecular complexity index is 458. The number of methoxy groups -OCH3 is 1. The summed E-state index contributed by atoms with van der Waals surface area (Å²) < 4.78 is 6.46. The van der Waals surface area contributed by atoms with Gasteiger partial charge in [0.25, 0.3) is 0 Å². The largest absolute Gasteiger partial charge is 0.469 e. The van der Waals surface area contributed by atoms with Gasteiger partial charge in [-0.2, -0.15) is 5.10 Å². The normalized spacial score (nSPS) is 20.3. The van der Waals surface area contributed by atoms with Gasteiger partial charge in [0.2, 0.25) is 0 Å². The van der Waals surface area contributed by atoms with Crippen LogP contribution in [0.1, 0.15) is 17.7 Å². The number of carbonyl (C=O) groups is 1. The minimum atomic E-state index is -0.119. The maximum Gasteiger partial charge on any atom is 0.310 e. The van der Waals surface area contributed by atoms with E-state index in [0.717, 1.165) is 37.3 Å². The van der Waals surface area contributed by atoms with Crippen LogP contribution in [0.25, 0.3) is 0 Å². The Morgan fingerprint density at radius 3 is 2.89 bits per heavy atom. The molecule has 2 rings (SSSR count). The van der Waals surface area contributed by atoms with Crippen molar-refractivity contribution >= 4 is 17.6 Å². The number of halogens is 1. The van der Waals surface area contributed by atoms with Gasteiger partial charge >= 0.3 is 5.97 Å². The number of hydrogen-bond donors (Lipinski definition) is 0. The van der Waals surface area contributed by atoms with Gasteiger partial charge < -0.3 is 4.74 Å². The van der Waals surface area contributed by atoms with Crippen LogP contribution in [-0.4, -0.2) is 40.8 Å². The number of esters is 1. The molecule has 0 spiro atoms. The molecule has 18 heavy (non-hydrogen) atoms. The number of likely N-dealkylation sites (tertiary alicyclic amines) is 1. The Kier molecular flexibility index (Phi) is 3.92. The van der Waals surface area contributed by atoms with E-state index < -0.39 is 0 Å². The molecule has 1 aromatic heterocycles. The molecule has 1 saturated heterocycles. The highest BCUT2D eigenvalue weighted by Gasteiger charge is 2.29. The van der Waals surface area contributed by atoms with Gasteiger partial charge in [0, 0.05) is 25.7 Å². The summed E-state index contributed by atoms with van der Waals surface area (Å²) in [5, 5.41) is 4.96. The molecular formula is C12H18ClN3O2. The van der Waals surface area contributed by atoms with Crippen molar-refractivity contribution in [1.82, 2.24) is 14.7 Å². The van der Waals surface area contributed by atoms with Crippen molar-refractivity contribution < 1.29 is 9.53 Å². The quantitative estimate of drug-likeness (QED) is 0.780. The molecule has 1 atom stereocenters. The van der Waals surface area contributed by atoms with Crippen LogP contribution in [0.4, 0.5) is 0 Å². The number of carbonyl (C=O) groups excluding carboxylic acids is 1. The molecule has 0 radical (unpaired) electrons. The lowest BCUT2D eigenvalue weighted by Crippen LogP contribution is -2.23. The lowest BCUT2D eigenvalue weighted by molar-refractivity contribution is -0.144. The molecule has 0 N–H and O–H groups in total. The van der Waals surface area contributed by atoms with Crippen LogP contribution in [0.2, 0.25) is 5.15 Å². The summed E-state index contributed by atoms with van der Waals surface area (Å²) in [5.41, 5.74) is 1.99. The highest BCUT2D eigenvalue weighted by Crippen LogP contribution is 2.24. The van der Waals surface area contributed by atoms with Crippen molar-refractivity contribution in [3.63, 3.8) is 0 Å². The van der Waals surface area contributed by atoms with E-state index in [1.165, 1.54) is 7.11 Å². The van der Waals surface area contributed by atoms with Gasteiger partial charge in [-0.15, -0.1) is 0 Å². The van der Waals surface area contributed by atoms with E-state index in [-0.39, 0.29) is 11.9 Å². The second-order valence-corrected chi connectivity index (χ2v) is 5.08. The molecule has 2 heterocycles. The van der Waals surface area contributed by atoms with E-state index >= 15 is 0 Å². The standard InChI is InChI=1S/C12H18ClN3O2/c1-8-10(11(13)15(2)14-8)7-16-5-4-9(6-16)12(17)18-3/h9H,4-7H2,1-3H3. The summed E-state index contributed by atoms with van der Waals surface area (Å²) >= 11 is 6.20. The minimum absolute atomic E-state index is 0.00856. The van der Waals surface area contributed by atoms with Crippen molar-refractivity contribution in [3.05, 3.63) is 16.4 Å². The molecule has 1 aromatic rings. The summed E-state index contributed by atoms with van der Waals surface area (Å²) in [7, 11) is 3.27. The molecule has 1 aliphatic rings. The third-order valence-corrected chi connectivity index (χ3v) is 3.93. The van der Waals surface area contributed by atoms with Gasteiger partial charge in [-0.05, 0) is 19.9 Å². The number of ether oxygens (including phenoxy) is 1. The molecule has 0 aliphatic carbocycles. The van der Waals surface area contributed by atoms with Crippen LogP contribution in [0.15, 0.2) is 0 Å². The van der Waals surface area contributed by atoms with Crippen LogP contribution >= 0.6 is 11.6 Å². The Hall–Kier alpha value is -1.07. The van der Waals surface area contributed by atoms with Crippen molar-refractivity contribution in [3.8, 4) is 0 Å². The van der Waals surface area contributed by atoms with Crippen molar-refractivity contribution in [2.24, 2.45) is 13.0 Å². The Morgan fingerprint density at radius 1 is 1.61 bits per heavy atom. The van der Waals surface area contributed by atoms with Crippen molar-refractivity contribution in [1.29, 1.82) is 0 Å². The van der Waals surface area contributed by atoms with E-state index in [1.54, 1.807) is 4.68 Å². The average Bonchev–Trinajstić information content (AvgIpc) is 2.90. The highest BCUT2D eigenvalue weighted by atomic mass is 35.5. The maximum absolute atomic E-state index is 11.5. The molecule has 100 valence electrons. The van der Waals surface area contributed by atoms with Crippen LogP contribution in [0.3, 0.4) is 0 Å². The lowest BCUT2D eigenvalue weighted by atomic mass is 10.1. The van der Waals surface area contributed by atoms with Gasteiger partial charge in [-0.3, -0.25) is 14.4 Å². The number of aromatic nitrogens is 2. The highest BCUT2D eigenvalue weighted by molar-refractivity contribution is 6.30. The number of hydrogen-bond acceptors (Lipinski definition) is 4. The number of rotatable bonds is 3. The topological polar surface area (TPSA) is 47.4 Å². The van der Waals surface area contributed by atoms with Crippen molar-refractivity contribution in [2.45, 2.75) is 19.9 Å². The lowest BCUT2D eigenvalue weighted by Gasteiger charge is -2.15. The van der Waals surface area contributed by atoms with Gasteiger partial charge in [-0.1, -0.05) is 11.6 Å². The second-order valence-electron chi connectivity index (χ2n) is 4.72. The maximum atomic E-state index is 11.5. The molecule has 0 bridgehead atoms. The van der Waals surface area contributed by atoms with E-state index in [4.69, 9.17) is 16.3 Å². The van der Waals surface area contributed by atoms with E-state index in [2.05, 4.69) is 10.00 Å². The van der Waals surface area contributed by atoms with Gasteiger partial charge in [-0.25, -0.2) is 0 Å². The first kappa shape index (κ1) is 13.4. The molecule has 1 unspecified atom stereocenters. The average molecular weight is 272 g/mol. The predicted octanol–water partition coefficient (Wildman–Crippen LogP) is 1.38. The zero-order chi connectivity index (χ0) is 13.3. The summed E-state index contributed by atoms with van der Waals surface area (Å²) in [5.74, 6) is -0.128. The first-order chi connectivity index (χ1) is 8.52. The fraction of sp³-hybridized carbons (Fsp3) is 0.667. The van der Waals surface area contributed by atoms with E-state index in [9.17, 15) is 4.79 Å². The fourth-order valence-electron chi connectivity index (χ4n) is 2.41. The Morgan fingerprint density at radius 2 is 2.33 bits per heavy atom. The molecule has 6 heteroatoms. The summed E-state index contributed by atoms with van der Waals surface area (Å²) in [6, 6.07) is 0. The number of nitrogens with zero attached hydrogens (tertiary/aromatic N) is 3. The van der Waals surface area contributed by atoms with E-state index in [1.807, 2.05) is 14.0 Å². The second kappa shape index (κ2) is 5.28. The summed E-state index contributed by atoms with van der Waals surface area (Å²) in [4.78, 5) is 13.7. The zero-order valence-corrected chi connectivity index (χ0v) is 11.7. The first-order valence-corrected chi connectivity index (χ1v) is 6.39. The zero-order valence-electron chi connectivity index (χ0n) is 10.9. The SMILES string of the molecule is COC(=O)C1CCN(Cc2c(C)nn(C)c2Cl)C1. The smallest absolute Gasteiger partial charge is 0.310 e. The van der Waals surface area contributed by atoms with Crippen molar-refractivity contribution in [2.75, 3.05) is 20.2 Å². The minimum Gasteiger partial charge on any atom is -0.469 e. The molecule has 0 amide bonds. The predicted molar refractivity (Wildman–Crippen MR) is 68.4 cm³/mol. The molecule has 1 aliphatic heterocycles. The van der Waals surface area contributed by atoms with Gasteiger partial charge in [0.1, 0.15) is 5.15 Å². The molecule has 0 aromatic carbocycles. The third kappa shape index (κ3) is 2.52. The fourth-order valence-corrected chi connectivity index (χ4v) is 2.65. The molecule has 1 fully saturated rings. The van der Waals surface area contributed by atoms with Crippen LogP contribution in [-0.2, 0) is 23.1 Å². The Labute approximate surface area is 112 Å². The molecule has 0 saturated carbocycles. The molecule has 5 nitrogen and oxygen atoms in total.